The largest absolute Gasteiger partial charge is 0.465 e. The van der Waals surface area contributed by atoms with E-state index >= 15 is 0 Å². The summed E-state index contributed by atoms with van der Waals surface area (Å²) in [6.45, 7) is 0.144. The molecule has 0 bridgehead atoms. The minimum atomic E-state index is -0.514. The highest BCUT2D eigenvalue weighted by molar-refractivity contribution is 7.17. The number of rotatable bonds is 6. The number of esters is 1. The van der Waals surface area contributed by atoms with Gasteiger partial charge in [0.2, 0.25) is 5.91 Å². The van der Waals surface area contributed by atoms with Crippen molar-refractivity contribution in [2.45, 2.75) is 6.42 Å². The first-order valence-electron chi connectivity index (χ1n) is 6.88. The molecule has 2 aromatic rings. The minimum Gasteiger partial charge on any atom is -0.465 e. The number of aromatic nitrogens is 1. The molecule has 0 unspecified atom stereocenters. The van der Waals surface area contributed by atoms with E-state index in [-0.39, 0.29) is 29.9 Å². The standard InChI is InChI=1S/C15H14ClN3O4S/c1-23-14(22)11-8-18-15(24-11)19-12(20)6-7-17-13(21)9-4-2-3-5-10(9)16/h2-5,8H,6-7H2,1H3,(H,17,21)(H,18,19,20). The van der Waals surface area contributed by atoms with Crippen LogP contribution < -0.4 is 10.6 Å². The second-order valence-corrected chi connectivity index (χ2v) is 5.99. The average molecular weight is 368 g/mol. The number of halogens is 1. The summed E-state index contributed by atoms with van der Waals surface area (Å²) in [6, 6.07) is 6.64. The molecule has 0 aliphatic rings. The molecule has 1 heterocycles. The van der Waals surface area contributed by atoms with Gasteiger partial charge < -0.3 is 15.4 Å². The monoisotopic (exact) mass is 367 g/mol. The molecule has 2 amide bonds. The summed E-state index contributed by atoms with van der Waals surface area (Å²) in [4.78, 5) is 39.2. The van der Waals surface area contributed by atoms with Crippen molar-refractivity contribution < 1.29 is 19.1 Å². The number of nitrogens with zero attached hydrogens (tertiary/aromatic N) is 1. The van der Waals surface area contributed by atoms with Gasteiger partial charge in [0, 0.05) is 13.0 Å². The smallest absolute Gasteiger partial charge is 0.349 e. The first kappa shape index (κ1) is 17.9. The van der Waals surface area contributed by atoms with E-state index in [1.807, 2.05) is 0 Å². The Morgan fingerprint density at radius 2 is 2.04 bits per heavy atom. The normalized spacial score (nSPS) is 10.1. The van der Waals surface area contributed by atoms with Gasteiger partial charge in [0.05, 0.1) is 23.9 Å². The summed E-state index contributed by atoms with van der Waals surface area (Å²) in [6.07, 6.45) is 1.38. The van der Waals surface area contributed by atoms with Crippen LogP contribution in [0.5, 0.6) is 0 Å². The molecule has 1 aromatic heterocycles. The van der Waals surface area contributed by atoms with Crippen molar-refractivity contribution in [1.82, 2.24) is 10.3 Å². The number of hydrogen-bond acceptors (Lipinski definition) is 6. The van der Waals surface area contributed by atoms with Gasteiger partial charge in [-0.15, -0.1) is 0 Å². The fourth-order valence-electron chi connectivity index (χ4n) is 1.74. The van der Waals surface area contributed by atoms with Gasteiger partial charge in [-0.1, -0.05) is 35.1 Å². The van der Waals surface area contributed by atoms with Crippen LogP contribution in [0.15, 0.2) is 30.5 Å². The summed E-state index contributed by atoms with van der Waals surface area (Å²) < 4.78 is 4.56. The number of amides is 2. The molecule has 126 valence electrons. The number of hydrogen-bond donors (Lipinski definition) is 2. The zero-order chi connectivity index (χ0) is 17.5. The minimum absolute atomic E-state index is 0.0589. The predicted molar refractivity (Wildman–Crippen MR) is 90.5 cm³/mol. The quantitative estimate of drug-likeness (QED) is 0.764. The molecule has 2 N–H and O–H groups in total. The molecular formula is C15H14ClN3O4S. The van der Waals surface area contributed by atoms with Crippen LogP contribution in [-0.4, -0.2) is 36.4 Å². The summed E-state index contributed by atoms with van der Waals surface area (Å²) >= 11 is 6.93. The molecule has 0 fully saturated rings. The van der Waals surface area contributed by atoms with Gasteiger partial charge in [-0.2, -0.15) is 0 Å². The van der Waals surface area contributed by atoms with Crippen LogP contribution in [0.1, 0.15) is 26.5 Å². The maximum absolute atomic E-state index is 11.9. The SMILES string of the molecule is COC(=O)c1cnc(NC(=O)CCNC(=O)c2ccccc2Cl)s1. The Hall–Kier alpha value is -2.45. The number of benzene rings is 1. The molecular weight excluding hydrogens is 354 g/mol. The number of carbonyl (C=O) groups excluding carboxylic acids is 3. The Balaban J connectivity index is 1.79. The lowest BCUT2D eigenvalue weighted by Gasteiger charge is -2.06. The van der Waals surface area contributed by atoms with Crippen LogP contribution in [0.25, 0.3) is 0 Å². The van der Waals surface area contributed by atoms with E-state index < -0.39 is 5.97 Å². The van der Waals surface area contributed by atoms with E-state index in [0.717, 1.165) is 11.3 Å². The summed E-state index contributed by atoms with van der Waals surface area (Å²) in [5, 5.41) is 5.80. The number of thiazole rings is 1. The van der Waals surface area contributed by atoms with Gasteiger partial charge in [0.1, 0.15) is 4.88 Å². The van der Waals surface area contributed by atoms with Crippen molar-refractivity contribution in [2.24, 2.45) is 0 Å². The first-order valence-corrected chi connectivity index (χ1v) is 8.07. The molecule has 7 nitrogen and oxygen atoms in total. The van der Waals surface area contributed by atoms with Crippen molar-refractivity contribution in [3.8, 4) is 0 Å². The second kappa shape index (κ2) is 8.42. The molecule has 0 saturated carbocycles. The summed E-state index contributed by atoms with van der Waals surface area (Å²) in [5.74, 6) is -1.20. The van der Waals surface area contributed by atoms with E-state index in [1.54, 1.807) is 24.3 Å². The maximum Gasteiger partial charge on any atom is 0.349 e. The summed E-state index contributed by atoms with van der Waals surface area (Å²) in [5.41, 5.74) is 0.349. The highest BCUT2D eigenvalue weighted by Gasteiger charge is 2.13. The molecule has 0 aliphatic heterocycles. The average Bonchev–Trinajstić information content (AvgIpc) is 3.02. The van der Waals surface area contributed by atoms with E-state index in [4.69, 9.17) is 11.6 Å². The van der Waals surface area contributed by atoms with E-state index in [9.17, 15) is 14.4 Å². The molecule has 0 radical (unpaired) electrons. The Labute approximate surface area is 147 Å². The second-order valence-electron chi connectivity index (χ2n) is 4.56. The van der Waals surface area contributed by atoms with Crippen LogP contribution >= 0.6 is 22.9 Å². The number of anilines is 1. The summed E-state index contributed by atoms with van der Waals surface area (Å²) in [7, 11) is 1.27. The topological polar surface area (TPSA) is 97.4 Å². The van der Waals surface area contributed by atoms with Gasteiger partial charge in [-0.05, 0) is 12.1 Å². The van der Waals surface area contributed by atoms with Crippen LogP contribution in [0, 0.1) is 0 Å². The fraction of sp³-hybridized carbons (Fsp3) is 0.200. The van der Waals surface area contributed by atoms with Crippen LogP contribution in [0.3, 0.4) is 0 Å². The first-order chi connectivity index (χ1) is 11.5. The number of nitrogens with one attached hydrogen (secondary N) is 2. The van der Waals surface area contributed by atoms with Gasteiger partial charge in [-0.25, -0.2) is 9.78 Å². The molecule has 0 aliphatic carbocycles. The molecule has 1 aromatic carbocycles. The van der Waals surface area contributed by atoms with Crippen molar-refractivity contribution in [3.63, 3.8) is 0 Å². The lowest BCUT2D eigenvalue weighted by Crippen LogP contribution is -2.27. The molecule has 24 heavy (non-hydrogen) atoms. The van der Waals surface area contributed by atoms with E-state index in [2.05, 4.69) is 20.4 Å². The Bertz CT molecular complexity index is 763. The van der Waals surface area contributed by atoms with Crippen LogP contribution in [0.4, 0.5) is 5.13 Å². The highest BCUT2D eigenvalue weighted by atomic mass is 35.5. The lowest BCUT2D eigenvalue weighted by atomic mass is 10.2. The predicted octanol–water partition coefficient (Wildman–Crippen LogP) is 2.34. The zero-order valence-electron chi connectivity index (χ0n) is 12.7. The Morgan fingerprint density at radius 3 is 2.75 bits per heavy atom. The molecule has 2 rings (SSSR count). The Kier molecular flexibility index (Phi) is 6.28. The van der Waals surface area contributed by atoms with Crippen molar-refractivity contribution in [2.75, 3.05) is 19.0 Å². The third-order valence-electron chi connectivity index (χ3n) is 2.89. The molecule has 0 atom stereocenters. The third-order valence-corrected chi connectivity index (χ3v) is 4.12. The Morgan fingerprint density at radius 1 is 1.29 bits per heavy atom. The molecule has 0 spiro atoms. The van der Waals surface area contributed by atoms with Gasteiger partial charge in [0.25, 0.3) is 5.91 Å². The molecule has 0 saturated heterocycles. The van der Waals surface area contributed by atoms with Crippen LogP contribution in [-0.2, 0) is 9.53 Å². The third kappa shape index (κ3) is 4.77. The zero-order valence-corrected chi connectivity index (χ0v) is 14.2. The highest BCUT2D eigenvalue weighted by Crippen LogP contribution is 2.19. The van der Waals surface area contributed by atoms with Gasteiger partial charge >= 0.3 is 5.97 Å². The lowest BCUT2D eigenvalue weighted by molar-refractivity contribution is -0.116. The van der Waals surface area contributed by atoms with Crippen molar-refractivity contribution in [1.29, 1.82) is 0 Å². The fourth-order valence-corrected chi connectivity index (χ4v) is 2.71. The van der Waals surface area contributed by atoms with E-state index in [0.29, 0.717) is 15.5 Å². The van der Waals surface area contributed by atoms with Crippen LogP contribution in [0.2, 0.25) is 5.02 Å². The number of carbonyl (C=O) groups is 3. The van der Waals surface area contributed by atoms with Crippen molar-refractivity contribution >= 4 is 45.9 Å². The maximum atomic E-state index is 11.9. The van der Waals surface area contributed by atoms with Crippen molar-refractivity contribution in [3.05, 3.63) is 45.9 Å². The number of ether oxygens (including phenoxy) is 1. The number of methoxy groups -OCH3 is 1. The van der Waals surface area contributed by atoms with Gasteiger partial charge in [-0.3, -0.25) is 9.59 Å². The van der Waals surface area contributed by atoms with E-state index in [1.165, 1.54) is 13.3 Å². The van der Waals surface area contributed by atoms with Gasteiger partial charge in [0.15, 0.2) is 5.13 Å². The molecule has 9 heteroatoms.